The number of anilines is 1. The number of allylic oxidation sites excluding steroid dienone is 1. The third-order valence-corrected chi connectivity index (χ3v) is 5.50. The zero-order valence-corrected chi connectivity index (χ0v) is 17.8. The molecule has 0 N–H and O–H groups in total. The SMILES string of the molecule is COC(=O)C1=C(C)N(c2cc(Cl)cc(Cl)c2)C(=O)/C1=C\c1ccc(SC)cc1. The molecular formula is C21H17Cl2NO3S. The third kappa shape index (κ3) is 3.97. The smallest absolute Gasteiger partial charge is 0.340 e. The molecule has 0 fully saturated rings. The lowest BCUT2D eigenvalue weighted by Crippen LogP contribution is -2.24. The minimum Gasteiger partial charge on any atom is -0.465 e. The number of methoxy groups -OCH3 is 1. The molecule has 0 unspecified atom stereocenters. The number of nitrogens with zero attached hydrogens (tertiary/aromatic N) is 1. The van der Waals surface area contributed by atoms with Gasteiger partial charge in [0.1, 0.15) is 0 Å². The highest BCUT2D eigenvalue weighted by atomic mass is 35.5. The molecule has 1 aliphatic heterocycles. The van der Waals surface area contributed by atoms with Crippen molar-refractivity contribution in [3.63, 3.8) is 0 Å². The van der Waals surface area contributed by atoms with Gasteiger partial charge in [0.25, 0.3) is 5.91 Å². The number of amides is 1. The first kappa shape index (κ1) is 20.5. The quantitative estimate of drug-likeness (QED) is 0.358. The van der Waals surface area contributed by atoms with Gasteiger partial charge in [-0.2, -0.15) is 0 Å². The fourth-order valence-corrected chi connectivity index (χ4v) is 3.95. The molecule has 2 aromatic carbocycles. The molecule has 7 heteroatoms. The van der Waals surface area contributed by atoms with Gasteiger partial charge in [-0.15, -0.1) is 11.8 Å². The molecule has 0 aliphatic carbocycles. The molecule has 0 atom stereocenters. The van der Waals surface area contributed by atoms with Crippen LogP contribution in [0.3, 0.4) is 0 Å². The summed E-state index contributed by atoms with van der Waals surface area (Å²) in [4.78, 5) is 28.2. The van der Waals surface area contributed by atoms with Gasteiger partial charge >= 0.3 is 5.97 Å². The van der Waals surface area contributed by atoms with Gasteiger partial charge in [0, 0.05) is 20.6 Å². The largest absolute Gasteiger partial charge is 0.465 e. The first-order chi connectivity index (χ1) is 13.3. The van der Waals surface area contributed by atoms with E-state index in [9.17, 15) is 9.59 Å². The number of halogens is 2. The van der Waals surface area contributed by atoms with Crippen molar-refractivity contribution >= 4 is 58.6 Å². The predicted octanol–water partition coefficient (Wildman–Crippen LogP) is 5.59. The van der Waals surface area contributed by atoms with Gasteiger partial charge in [0.05, 0.1) is 23.9 Å². The predicted molar refractivity (Wildman–Crippen MR) is 115 cm³/mol. The first-order valence-electron chi connectivity index (χ1n) is 8.31. The van der Waals surface area contributed by atoms with Crippen LogP contribution in [-0.2, 0) is 14.3 Å². The Morgan fingerprint density at radius 3 is 2.25 bits per heavy atom. The van der Waals surface area contributed by atoms with Gasteiger partial charge < -0.3 is 4.74 Å². The summed E-state index contributed by atoms with van der Waals surface area (Å²) in [5.41, 5.74) is 2.24. The van der Waals surface area contributed by atoms with Crippen LogP contribution in [0.4, 0.5) is 5.69 Å². The number of hydrogen-bond donors (Lipinski definition) is 0. The summed E-state index contributed by atoms with van der Waals surface area (Å²) >= 11 is 13.8. The molecule has 1 heterocycles. The highest BCUT2D eigenvalue weighted by Gasteiger charge is 2.38. The van der Waals surface area contributed by atoms with Crippen LogP contribution in [-0.4, -0.2) is 25.2 Å². The molecule has 0 aromatic heterocycles. The van der Waals surface area contributed by atoms with Crippen molar-refractivity contribution in [2.75, 3.05) is 18.3 Å². The van der Waals surface area contributed by atoms with Crippen LogP contribution >= 0.6 is 35.0 Å². The first-order valence-corrected chi connectivity index (χ1v) is 10.3. The number of carbonyl (C=O) groups excluding carboxylic acids is 2. The molecule has 0 saturated carbocycles. The van der Waals surface area contributed by atoms with E-state index < -0.39 is 5.97 Å². The Kier molecular flexibility index (Phi) is 6.18. The second-order valence-corrected chi connectivity index (χ2v) is 7.80. The van der Waals surface area contributed by atoms with E-state index in [2.05, 4.69) is 0 Å². The molecule has 2 aromatic rings. The fourth-order valence-electron chi connectivity index (χ4n) is 3.03. The Bertz CT molecular complexity index is 993. The Hall–Kier alpha value is -2.21. The molecule has 1 aliphatic rings. The minimum atomic E-state index is -0.576. The summed E-state index contributed by atoms with van der Waals surface area (Å²) in [5, 5.41) is 0.792. The normalized spacial score (nSPS) is 15.5. The molecule has 0 radical (unpaired) electrons. The van der Waals surface area contributed by atoms with E-state index in [1.165, 1.54) is 12.0 Å². The van der Waals surface area contributed by atoms with E-state index in [-0.39, 0.29) is 17.1 Å². The maximum Gasteiger partial charge on any atom is 0.340 e. The maximum absolute atomic E-state index is 13.2. The summed E-state index contributed by atoms with van der Waals surface area (Å²) in [6.07, 6.45) is 3.68. The summed E-state index contributed by atoms with van der Waals surface area (Å²) < 4.78 is 4.92. The van der Waals surface area contributed by atoms with Crippen LogP contribution in [0.5, 0.6) is 0 Å². The molecule has 1 amide bonds. The zero-order chi connectivity index (χ0) is 20.4. The summed E-state index contributed by atoms with van der Waals surface area (Å²) in [7, 11) is 1.29. The number of carbonyl (C=O) groups is 2. The standard InChI is InChI=1S/C21H17Cl2NO3S/c1-12-19(21(26)27-2)18(8-13-4-6-17(28-3)7-5-13)20(25)24(12)16-10-14(22)9-15(23)11-16/h4-11H,1-3H3/b18-8-. The number of hydrogen-bond acceptors (Lipinski definition) is 4. The summed E-state index contributed by atoms with van der Waals surface area (Å²) in [6.45, 7) is 1.69. The van der Waals surface area contributed by atoms with Crippen LogP contribution in [0.2, 0.25) is 10.0 Å². The molecule has 0 bridgehead atoms. The van der Waals surface area contributed by atoms with Gasteiger partial charge in [-0.1, -0.05) is 35.3 Å². The van der Waals surface area contributed by atoms with Crippen LogP contribution in [0.1, 0.15) is 12.5 Å². The van der Waals surface area contributed by atoms with Crippen molar-refractivity contribution in [3.05, 3.63) is 74.9 Å². The Morgan fingerprint density at radius 1 is 1.11 bits per heavy atom. The molecule has 144 valence electrons. The van der Waals surface area contributed by atoms with E-state index in [1.807, 2.05) is 30.5 Å². The summed E-state index contributed by atoms with van der Waals surface area (Å²) in [6, 6.07) is 12.5. The lowest BCUT2D eigenvalue weighted by atomic mass is 10.0. The second kappa shape index (κ2) is 8.43. The molecule has 0 spiro atoms. The topological polar surface area (TPSA) is 46.6 Å². The highest BCUT2D eigenvalue weighted by molar-refractivity contribution is 7.98. The Morgan fingerprint density at radius 2 is 1.71 bits per heavy atom. The lowest BCUT2D eigenvalue weighted by molar-refractivity contribution is -0.136. The van der Waals surface area contributed by atoms with E-state index >= 15 is 0 Å². The maximum atomic E-state index is 13.2. The number of rotatable bonds is 4. The minimum absolute atomic E-state index is 0.220. The van der Waals surface area contributed by atoms with E-state index in [4.69, 9.17) is 27.9 Å². The van der Waals surface area contributed by atoms with Crippen LogP contribution in [0.15, 0.2) is 64.2 Å². The average molecular weight is 434 g/mol. The van der Waals surface area contributed by atoms with Crippen LogP contribution in [0.25, 0.3) is 6.08 Å². The van der Waals surface area contributed by atoms with Gasteiger partial charge in [-0.3, -0.25) is 9.69 Å². The van der Waals surface area contributed by atoms with Crippen molar-refractivity contribution in [2.45, 2.75) is 11.8 Å². The van der Waals surface area contributed by atoms with E-state index in [1.54, 1.807) is 43.0 Å². The molecule has 0 saturated heterocycles. The summed E-state index contributed by atoms with van der Waals surface area (Å²) in [5.74, 6) is -0.918. The molecule has 3 rings (SSSR count). The Balaban J connectivity index is 2.12. The van der Waals surface area contributed by atoms with Crippen LogP contribution < -0.4 is 4.90 Å². The molecule has 4 nitrogen and oxygen atoms in total. The van der Waals surface area contributed by atoms with Gasteiger partial charge in [0.2, 0.25) is 0 Å². The second-order valence-electron chi connectivity index (χ2n) is 6.05. The third-order valence-electron chi connectivity index (χ3n) is 4.32. The van der Waals surface area contributed by atoms with E-state index in [0.29, 0.717) is 21.4 Å². The zero-order valence-electron chi connectivity index (χ0n) is 15.5. The molecular weight excluding hydrogens is 417 g/mol. The van der Waals surface area contributed by atoms with Crippen molar-refractivity contribution in [1.29, 1.82) is 0 Å². The number of thioether (sulfide) groups is 1. The fraction of sp³-hybridized carbons (Fsp3) is 0.143. The number of benzene rings is 2. The van der Waals surface area contributed by atoms with Crippen molar-refractivity contribution in [1.82, 2.24) is 0 Å². The van der Waals surface area contributed by atoms with Crippen molar-refractivity contribution < 1.29 is 14.3 Å². The number of esters is 1. The van der Waals surface area contributed by atoms with Crippen molar-refractivity contribution in [2.24, 2.45) is 0 Å². The average Bonchev–Trinajstić information content (AvgIpc) is 2.91. The lowest BCUT2D eigenvalue weighted by Gasteiger charge is -2.18. The Labute approximate surface area is 177 Å². The van der Waals surface area contributed by atoms with Gasteiger partial charge in [-0.25, -0.2) is 4.79 Å². The molecule has 28 heavy (non-hydrogen) atoms. The van der Waals surface area contributed by atoms with Crippen molar-refractivity contribution in [3.8, 4) is 0 Å². The van der Waals surface area contributed by atoms with Gasteiger partial charge in [0.15, 0.2) is 0 Å². The van der Waals surface area contributed by atoms with E-state index in [0.717, 1.165) is 10.5 Å². The van der Waals surface area contributed by atoms with Gasteiger partial charge in [-0.05, 0) is 55.2 Å². The van der Waals surface area contributed by atoms with Crippen LogP contribution in [0, 0.1) is 0 Å². The monoisotopic (exact) mass is 433 g/mol. The number of ether oxygens (including phenoxy) is 1. The highest BCUT2D eigenvalue weighted by Crippen LogP contribution is 2.37.